The normalized spacial score (nSPS) is 10.2. The SMILES string of the molecule is O=C(COc1ccc2ccc(=O)oc2c1)NNC(=S)Nc1ccccc1. The Morgan fingerprint density at radius 2 is 1.81 bits per heavy atom. The molecule has 0 radical (unpaired) electrons. The fourth-order valence-electron chi connectivity index (χ4n) is 2.13. The van der Waals surface area contributed by atoms with Gasteiger partial charge in [-0.2, -0.15) is 0 Å². The van der Waals surface area contributed by atoms with E-state index in [2.05, 4.69) is 16.2 Å². The van der Waals surface area contributed by atoms with Crippen LogP contribution in [0.5, 0.6) is 5.75 Å². The van der Waals surface area contributed by atoms with Crippen molar-refractivity contribution in [3.63, 3.8) is 0 Å². The summed E-state index contributed by atoms with van der Waals surface area (Å²) in [7, 11) is 0. The maximum absolute atomic E-state index is 11.8. The summed E-state index contributed by atoms with van der Waals surface area (Å²) >= 11 is 5.08. The zero-order valence-electron chi connectivity index (χ0n) is 13.5. The van der Waals surface area contributed by atoms with Crippen molar-refractivity contribution in [1.82, 2.24) is 10.9 Å². The molecule has 1 amide bonds. The van der Waals surface area contributed by atoms with Gasteiger partial charge in [0, 0.05) is 23.2 Å². The number of thiocarbonyl (C=S) groups is 1. The van der Waals surface area contributed by atoms with Crippen LogP contribution in [0.25, 0.3) is 11.0 Å². The molecule has 132 valence electrons. The van der Waals surface area contributed by atoms with Crippen LogP contribution in [0, 0.1) is 0 Å². The monoisotopic (exact) mass is 369 g/mol. The number of benzene rings is 2. The first-order chi connectivity index (χ1) is 12.6. The Bertz CT molecular complexity index is 988. The predicted octanol–water partition coefficient (Wildman–Crippen LogP) is 2.19. The first-order valence-corrected chi connectivity index (χ1v) is 8.08. The van der Waals surface area contributed by atoms with Crippen molar-refractivity contribution in [1.29, 1.82) is 0 Å². The van der Waals surface area contributed by atoms with Crippen LogP contribution in [-0.2, 0) is 4.79 Å². The summed E-state index contributed by atoms with van der Waals surface area (Å²) in [4.78, 5) is 23.1. The lowest BCUT2D eigenvalue weighted by atomic mass is 10.2. The molecule has 0 bridgehead atoms. The van der Waals surface area contributed by atoms with E-state index in [1.54, 1.807) is 24.3 Å². The average molecular weight is 369 g/mol. The molecule has 1 aromatic heterocycles. The maximum Gasteiger partial charge on any atom is 0.336 e. The molecule has 1 heterocycles. The van der Waals surface area contributed by atoms with Gasteiger partial charge in [-0.25, -0.2) is 4.79 Å². The van der Waals surface area contributed by atoms with E-state index in [1.165, 1.54) is 6.07 Å². The number of para-hydroxylation sites is 1. The van der Waals surface area contributed by atoms with Gasteiger partial charge in [-0.15, -0.1) is 0 Å². The Morgan fingerprint density at radius 3 is 2.62 bits per heavy atom. The molecule has 0 aliphatic rings. The molecule has 0 spiro atoms. The van der Waals surface area contributed by atoms with E-state index < -0.39 is 11.5 Å². The van der Waals surface area contributed by atoms with Crippen LogP contribution < -0.4 is 26.5 Å². The molecule has 0 aliphatic heterocycles. The minimum absolute atomic E-state index is 0.233. The highest BCUT2D eigenvalue weighted by Crippen LogP contribution is 2.19. The third-order valence-corrected chi connectivity index (χ3v) is 3.52. The van der Waals surface area contributed by atoms with Crippen LogP contribution in [0.2, 0.25) is 0 Å². The number of fused-ring (bicyclic) bond motifs is 1. The van der Waals surface area contributed by atoms with Crippen LogP contribution in [0.4, 0.5) is 5.69 Å². The summed E-state index contributed by atoms with van der Waals surface area (Å²) in [6.45, 7) is -0.233. The zero-order chi connectivity index (χ0) is 18.4. The van der Waals surface area contributed by atoms with E-state index in [4.69, 9.17) is 21.4 Å². The second-order valence-corrected chi connectivity index (χ2v) is 5.64. The van der Waals surface area contributed by atoms with E-state index in [-0.39, 0.29) is 11.7 Å². The lowest BCUT2D eigenvalue weighted by Crippen LogP contribution is -2.45. The fourth-order valence-corrected chi connectivity index (χ4v) is 2.29. The van der Waals surface area contributed by atoms with Crippen LogP contribution in [0.15, 0.2) is 69.9 Å². The number of carbonyl (C=O) groups excluding carboxylic acids is 1. The molecule has 26 heavy (non-hydrogen) atoms. The molecule has 0 saturated carbocycles. The van der Waals surface area contributed by atoms with Gasteiger partial charge in [0.05, 0.1) is 0 Å². The Hall–Kier alpha value is -3.39. The van der Waals surface area contributed by atoms with Crippen LogP contribution in [-0.4, -0.2) is 17.6 Å². The van der Waals surface area contributed by atoms with Crippen molar-refractivity contribution >= 4 is 39.9 Å². The van der Waals surface area contributed by atoms with Crippen molar-refractivity contribution in [2.24, 2.45) is 0 Å². The Balaban J connectivity index is 1.48. The molecular formula is C18H15N3O4S. The highest BCUT2D eigenvalue weighted by molar-refractivity contribution is 7.80. The molecule has 3 aromatic rings. The van der Waals surface area contributed by atoms with Crippen molar-refractivity contribution in [2.45, 2.75) is 0 Å². The van der Waals surface area contributed by atoms with Crippen molar-refractivity contribution in [3.8, 4) is 5.75 Å². The predicted molar refractivity (Wildman–Crippen MR) is 102 cm³/mol. The summed E-state index contributed by atoms with van der Waals surface area (Å²) in [6.07, 6.45) is 0. The van der Waals surface area contributed by atoms with Gasteiger partial charge >= 0.3 is 5.63 Å². The second kappa shape index (κ2) is 8.13. The van der Waals surface area contributed by atoms with Crippen molar-refractivity contribution in [2.75, 3.05) is 11.9 Å². The smallest absolute Gasteiger partial charge is 0.336 e. The first kappa shape index (κ1) is 17.4. The number of carbonyl (C=O) groups is 1. The standard InChI is InChI=1S/C18H15N3O4S/c22-16(20-21-18(26)19-13-4-2-1-3-5-13)11-24-14-8-6-12-7-9-17(23)25-15(12)10-14/h1-10H,11H2,(H,20,22)(H2,19,21,26). The summed E-state index contributed by atoms with van der Waals surface area (Å²) < 4.78 is 10.5. The molecule has 0 atom stereocenters. The molecular weight excluding hydrogens is 354 g/mol. The number of amides is 1. The molecule has 0 unspecified atom stereocenters. The Labute approximate surface area is 153 Å². The highest BCUT2D eigenvalue weighted by Gasteiger charge is 2.05. The number of anilines is 1. The first-order valence-electron chi connectivity index (χ1n) is 7.68. The summed E-state index contributed by atoms with van der Waals surface area (Å²) in [5, 5.41) is 3.93. The van der Waals surface area contributed by atoms with E-state index >= 15 is 0 Å². The molecule has 0 saturated heterocycles. The van der Waals surface area contributed by atoms with Crippen molar-refractivity contribution in [3.05, 3.63) is 71.1 Å². The van der Waals surface area contributed by atoms with Gasteiger partial charge in [0.1, 0.15) is 11.3 Å². The third-order valence-electron chi connectivity index (χ3n) is 3.31. The highest BCUT2D eigenvalue weighted by atomic mass is 32.1. The van der Waals surface area contributed by atoms with Gasteiger partial charge in [-0.05, 0) is 42.5 Å². The van der Waals surface area contributed by atoms with Gasteiger partial charge in [-0.1, -0.05) is 18.2 Å². The summed E-state index contributed by atoms with van der Waals surface area (Å²) in [5.74, 6) is -0.0104. The minimum Gasteiger partial charge on any atom is -0.484 e. The average Bonchev–Trinajstić information content (AvgIpc) is 2.65. The number of ether oxygens (including phenoxy) is 1. The third kappa shape index (κ3) is 4.81. The van der Waals surface area contributed by atoms with Crippen LogP contribution in [0.1, 0.15) is 0 Å². The maximum atomic E-state index is 11.8. The van der Waals surface area contributed by atoms with E-state index in [1.807, 2.05) is 30.3 Å². The fraction of sp³-hybridized carbons (Fsp3) is 0.0556. The van der Waals surface area contributed by atoms with Crippen LogP contribution in [0.3, 0.4) is 0 Å². The van der Waals surface area contributed by atoms with E-state index in [9.17, 15) is 9.59 Å². The molecule has 2 aromatic carbocycles. The molecule has 8 heteroatoms. The zero-order valence-corrected chi connectivity index (χ0v) is 14.3. The number of rotatable bonds is 4. The lowest BCUT2D eigenvalue weighted by molar-refractivity contribution is -0.123. The number of nitrogens with one attached hydrogen (secondary N) is 3. The van der Waals surface area contributed by atoms with Gasteiger partial charge in [0.2, 0.25) is 0 Å². The van der Waals surface area contributed by atoms with E-state index in [0.29, 0.717) is 11.3 Å². The summed E-state index contributed by atoms with van der Waals surface area (Å²) in [5.41, 5.74) is 5.75. The van der Waals surface area contributed by atoms with Gasteiger partial charge in [0.15, 0.2) is 11.7 Å². The molecule has 3 rings (SSSR count). The van der Waals surface area contributed by atoms with Gasteiger partial charge < -0.3 is 14.5 Å². The Morgan fingerprint density at radius 1 is 1.04 bits per heavy atom. The quantitative estimate of drug-likeness (QED) is 0.369. The topological polar surface area (TPSA) is 92.6 Å². The molecule has 3 N–H and O–H groups in total. The number of hydrazine groups is 1. The van der Waals surface area contributed by atoms with Crippen LogP contribution >= 0.6 is 12.2 Å². The van der Waals surface area contributed by atoms with Gasteiger partial charge in [0.25, 0.3) is 5.91 Å². The molecule has 0 aliphatic carbocycles. The van der Waals surface area contributed by atoms with E-state index in [0.717, 1.165) is 11.1 Å². The van der Waals surface area contributed by atoms with Gasteiger partial charge in [-0.3, -0.25) is 15.6 Å². The summed E-state index contributed by atoms with van der Waals surface area (Å²) in [6, 6.07) is 17.3. The minimum atomic E-state index is -0.448. The Kier molecular flexibility index (Phi) is 5.45. The largest absolute Gasteiger partial charge is 0.484 e. The van der Waals surface area contributed by atoms with Crippen molar-refractivity contribution < 1.29 is 13.9 Å². The second-order valence-electron chi connectivity index (χ2n) is 5.24. The lowest BCUT2D eigenvalue weighted by Gasteiger charge is -2.12. The molecule has 0 fully saturated rings. The number of hydrogen-bond acceptors (Lipinski definition) is 5. The molecule has 7 nitrogen and oxygen atoms in total. The number of hydrogen-bond donors (Lipinski definition) is 3.